The van der Waals surface area contributed by atoms with Gasteiger partial charge < -0.3 is 9.15 Å². The van der Waals surface area contributed by atoms with Gasteiger partial charge >= 0.3 is 5.97 Å². The fourth-order valence-electron chi connectivity index (χ4n) is 2.21. The molecule has 0 aliphatic heterocycles. The summed E-state index contributed by atoms with van der Waals surface area (Å²) >= 11 is 1.54. The zero-order chi connectivity index (χ0) is 15.6. The third kappa shape index (κ3) is 2.62. The Morgan fingerprint density at radius 3 is 3.04 bits per heavy atom. The molecule has 3 heterocycles. The van der Waals surface area contributed by atoms with Gasteiger partial charge in [-0.05, 0) is 17.5 Å². The molecule has 3 aromatic heterocycles. The van der Waals surface area contributed by atoms with E-state index in [4.69, 9.17) is 9.15 Å². The number of H-pyrrole nitrogens is 1. The number of fused-ring (bicyclic) bond motifs is 1. The van der Waals surface area contributed by atoms with E-state index in [1.807, 2.05) is 41.8 Å². The van der Waals surface area contributed by atoms with Crippen LogP contribution in [0, 0.1) is 0 Å². The number of nitrogens with zero attached hydrogens (tertiary/aromatic N) is 2. The Bertz CT molecular complexity index is 956. The summed E-state index contributed by atoms with van der Waals surface area (Å²) in [4.78, 5) is 17.4. The van der Waals surface area contributed by atoms with Gasteiger partial charge in [-0.15, -0.1) is 11.3 Å². The van der Waals surface area contributed by atoms with Crippen LogP contribution in [0.25, 0.3) is 21.7 Å². The number of ether oxygens (including phenoxy) is 1. The molecule has 0 bridgehead atoms. The third-order valence-electron chi connectivity index (χ3n) is 3.30. The monoisotopic (exact) mass is 325 g/mol. The molecule has 0 unspecified atom stereocenters. The van der Waals surface area contributed by atoms with Crippen LogP contribution in [0.1, 0.15) is 16.2 Å². The van der Waals surface area contributed by atoms with Crippen LogP contribution in [-0.2, 0) is 11.3 Å². The molecule has 4 rings (SSSR count). The van der Waals surface area contributed by atoms with Crippen molar-refractivity contribution in [2.45, 2.75) is 6.61 Å². The normalized spacial score (nSPS) is 11.0. The van der Waals surface area contributed by atoms with Gasteiger partial charge in [-0.3, -0.25) is 5.10 Å². The third-order valence-corrected chi connectivity index (χ3v) is 4.16. The highest BCUT2D eigenvalue weighted by molar-refractivity contribution is 7.13. The number of carbonyl (C=O) groups excluding carboxylic acids is 1. The quantitative estimate of drug-likeness (QED) is 0.579. The van der Waals surface area contributed by atoms with Crippen LogP contribution < -0.4 is 0 Å². The number of para-hydroxylation sites is 1. The Hall–Kier alpha value is -2.93. The van der Waals surface area contributed by atoms with Crippen molar-refractivity contribution in [3.8, 4) is 10.8 Å². The van der Waals surface area contributed by atoms with E-state index in [-0.39, 0.29) is 12.3 Å². The maximum atomic E-state index is 12.2. The lowest BCUT2D eigenvalue weighted by molar-refractivity contribution is 0.0463. The molecular weight excluding hydrogens is 314 g/mol. The summed E-state index contributed by atoms with van der Waals surface area (Å²) in [6.07, 6.45) is 1.49. The summed E-state index contributed by atoms with van der Waals surface area (Å²) in [5.74, 6) is 0.0272. The van der Waals surface area contributed by atoms with Crippen molar-refractivity contribution in [1.82, 2.24) is 15.2 Å². The van der Waals surface area contributed by atoms with E-state index in [1.165, 1.54) is 17.6 Å². The van der Waals surface area contributed by atoms with E-state index in [2.05, 4.69) is 15.2 Å². The number of rotatable bonds is 4. The van der Waals surface area contributed by atoms with Crippen LogP contribution >= 0.6 is 11.3 Å². The van der Waals surface area contributed by atoms with Crippen LogP contribution in [0.5, 0.6) is 0 Å². The Kier molecular flexibility index (Phi) is 3.39. The van der Waals surface area contributed by atoms with Crippen molar-refractivity contribution in [1.29, 1.82) is 0 Å². The number of nitrogens with one attached hydrogen (secondary N) is 1. The summed E-state index contributed by atoms with van der Waals surface area (Å²) in [7, 11) is 0. The molecule has 1 N–H and O–H groups in total. The summed E-state index contributed by atoms with van der Waals surface area (Å²) in [6.45, 7) is 0.0366. The predicted molar refractivity (Wildman–Crippen MR) is 85.0 cm³/mol. The highest BCUT2D eigenvalue weighted by Gasteiger charge is 2.16. The zero-order valence-corrected chi connectivity index (χ0v) is 12.7. The summed E-state index contributed by atoms with van der Waals surface area (Å²) < 4.78 is 10.7. The topological polar surface area (TPSA) is 81.0 Å². The lowest BCUT2D eigenvalue weighted by Gasteiger charge is -1.99. The molecule has 0 aliphatic carbocycles. The van der Waals surface area contributed by atoms with Crippen LogP contribution in [-0.4, -0.2) is 21.2 Å². The van der Waals surface area contributed by atoms with Gasteiger partial charge in [0.15, 0.2) is 5.69 Å². The Morgan fingerprint density at radius 2 is 2.17 bits per heavy atom. The number of oxazole rings is 1. The van der Waals surface area contributed by atoms with Crippen molar-refractivity contribution in [2.24, 2.45) is 0 Å². The van der Waals surface area contributed by atoms with E-state index in [0.29, 0.717) is 11.6 Å². The first-order valence-electron chi connectivity index (χ1n) is 6.90. The summed E-state index contributed by atoms with van der Waals surface area (Å²) in [5.41, 5.74) is 1.62. The second-order valence-corrected chi connectivity index (χ2v) is 5.76. The number of thiophene rings is 1. The molecule has 4 aromatic rings. The molecule has 0 radical (unpaired) electrons. The fraction of sp³-hybridized carbons (Fsp3) is 0.0625. The van der Waals surface area contributed by atoms with Gasteiger partial charge in [-0.25, -0.2) is 9.78 Å². The number of benzene rings is 1. The van der Waals surface area contributed by atoms with Crippen molar-refractivity contribution >= 4 is 28.2 Å². The van der Waals surface area contributed by atoms with Crippen LogP contribution in [0.2, 0.25) is 0 Å². The SMILES string of the molecule is O=C(OCc1coc(-c2cccs2)n1)c1n[nH]c2ccccc12. The van der Waals surface area contributed by atoms with Crippen molar-refractivity contribution in [2.75, 3.05) is 0 Å². The van der Waals surface area contributed by atoms with E-state index < -0.39 is 5.97 Å². The molecule has 0 saturated heterocycles. The highest BCUT2D eigenvalue weighted by Crippen LogP contribution is 2.24. The Morgan fingerprint density at radius 1 is 1.26 bits per heavy atom. The number of hydrogen-bond donors (Lipinski definition) is 1. The van der Waals surface area contributed by atoms with Gasteiger partial charge in [0.2, 0.25) is 5.89 Å². The fourth-order valence-corrected chi connectivity index (χ4v) is 2.87. The van der Waals surface area contributed by atoms with Gasteiger partial charge in [-0.1, -0.05) is 24.3 Å². The molecule has 1 aromatic carbocycles. The first-order valence-corrected chi connectivity index (χ1v) is 7.78. The number of esters is 1. The van der Waals surface area contributed by atoms with E-state index in [9.17, 15) is 4.79 Å². The average molecular weight is 325 g/mol. The van der Waals surface area contributed by atoms with Gasteiger partial charge in [0.1, 0.15) is 18.6 Å². The van der Waals surface area contributed by atoms with Gasteiger partial charge in [0.25, 0.3) is 0 Å². The lowest BCUT2D eigenvalue weighted by Crippen LogP contribution is -2.06. The van der Waals surface area contributed by atoms with Gasteiger partial charge in [0, 0.05) is 5.39 Å². The smallest absolute Gasteiger partial charge is 0.359 e. The minimum atomic E-state index is -0.497. The van der Waals surface area contributed by atoms with Gasteiger partial charge in [0.05, 0.1) is 10.4 Å². The van der Waals surface area contributed by atoms with Crippen molar-refractivity contribution in [3.05, 3.63) is 59.4 Å². The molecule has 0 aliphatic rings. The van der Waals surface area contributed by atoms with Crippen LogP contribution in [0.3, 0.4) is 0 Å². The molecule has 0 fully saturated rings. The lowest BCUT2D eigenvalue weighted by atomic mass is 10.2. The maximum Gasteiger partial charge on any atom is 0.359 e. The molecule has 114 valence electrons. The van der Waals surface area contributed by atoms with E-state index in [0.717, 1.165) is 15.8 Å². The van der Waals surface area contributed by atoms with Crippen molar-refractivity contribution < 1.29 is 13.9 Å². The van der Waals surface area contributed by atoms with Gasteiger partial charge in [-0.2, -0.15) is 5.10 Å². The van der Waals surface area contributed by atoms with E-state index >= 15 is 0 Å². The molecule has 23 heavy (non-hydrogen) atoms. The summed E-state index contributed by atoms with van der Waals surface area (Å²) in [5, 5.41) is 9.50. The predicted octanol–water partition coefficient (Wildman–Crippen LogP) is 3.64. The second kappa shape index (κ2) is 5.69. The molecule has 0 atom stereocenters. The highest BCUT2D eigenvalue weighted by atomic mass is 32.1. The number of aromatic nitrogens is 3. The standard InChI is InChI=1S/C16H11N3O3S/c20-16(14-11-4-1-2-5-12(11)18-19-14)22-9-10-8-21-15(17-10)13-6-3-7-23-13/h1-8H,9H2,(H,18,19). The molecule has 0 saturated carbocycles. The first-order chi connectivity index (χ1) is 11.3. The maximum absolute atomic E-state index is 12.2. The second-order valence-electron chi connectivity index (χ2n) is 4.82. The molecule has 6 nitrogen and oxygen atoms in total. The first kappa shape index (κ1) is 13.7. The minimum absolute atomic E-state index is 0.0366. The zero-order valence-electron chi connectivity index (χ0n) is 11.9. The summed E-state index contributed by atoms with van der Waals surface area (Å²) in [6, 6.07) is 11.2. The van der Waals surface area contributed by atoms with Crippen LogP contribution in [0.4, 0.5) is 0 Å². The molecule has 0 spiro atoms. The van der Waals surface area contributed by atoms with Crippen molar-refractivity contribution in [3.63, 3.8) is 0 Å². The minimum Gasteiger partial charge on any atom is -0.454 e. The Balaban J connectivity index is 1.48. The molecule has 0 amide bonds. The van der Waals surface area contributed by atoms with E-state index in [1.54, 1.807) is 0 Å². The Labute approximate surface area is 134 Å². The molecular formula is C16H11N3O3S. The number of hydrogen-bond acceptors (Lipinski definition) is 6. The number of carbonyl (C=O) groups is 1. The largest absolute Gasteiger partial charge is 0.454 e. The average Bonchev–Trinajstić information content (AvgIpc) is 3.31. The number of aromatic amines is 1. The molecule has 7 heteroatoms. The van der Waals surface area contributed by atoms with Crippen LogP contribution in [0.15, 0.2) is 52.5 Å².